The molecule has 1 aromatic carbocycles. The van der Waals surface area contributed by atoms with Gasteiger partial charge in [-0.1, -0.05) is 5.16 Å². The van der Waals surface area contributed by atoms with Crippen molar-refractivity contribution in [2.24, 2.45) is 5.92 Å². The first-order chi connectivity index (χ1) is 13.1. The number of nitrogens with one attached hydrogen (secondary N) is 1. The molecule has 142 valence electrons. The second kappa shape index (κ2) is 8.35. The van der Waals surface area contributed by atoms with E-state index in [2.05, 4.69) is 15.0 Å². The van der Waals surface area contributed by atoms with E-state index in [-0.39, 0.29) is 24.7 Å². The van der Waals surface area contributed by atoms with Crippen LogP contribution in [0.2, 0.25) is 0 Å². The maximum atomic E-state index is 12.2. The first-order valence-corrected chi connectivity index (χ1v) is 8.47. The highest BCUT2D eigenvalue weighted by Gasteiger charge is 2.36. The SMILES string of the molecule is CCOc1ccc(N2CC(C(=O)OCC(=O)Nc3ccon3)CC2=O)cc1. The maximum absolute atomic E-state index is 12.2. The highest BCUT2D eigenvalue weighted by atomic mass is 16.5. The fraction of sp³-hybridized carbons (Fsp3) is 0.333. The summed E-state index contributed by atoms with van der Waals surface area (Å²) in [6.45, 7) is 2.19. The molecule has 1 aliphatic rings. The summed E-state index contributed by atoms with van der Waals surface area (Å²) in [4.78, 5) is 37.6. The molecular weight excluding hydrogens is 354 g/mol. The molecule has 2 amide bonds. The monoisotopic (exact) mass is 373 g/mol. The summed E-state index contributed by atoms with van der Waals surface area (Å²) in [7, 11) is 0. The van der Waals surface area contributed by atoms with Crippen LogP contribution in [0.4, 0.5) is 11.5 Å². The number of anilines is 2. The Bertz CT molecular complexity index is 803. The molecule has 27 heavy (non-hydrogen) atoms. The Morgan fingerprint density at radius 3 is 2.74 bits per heavy atom. The molecule has 9 nitrogen and oxygen atoms in total. The summed E-state index contributed by atoms with van der Waals surface area (Å²) >= 11 is 0. The lowest BCUT2D eigenvalue weighted by atomic mass is 10.1. The van der Waals surface area contributed by atoms with E-state index in [1.807, 2.05) is 6.92 Å². The topological polar surface area (TPSA) is 111 Å². The van der Waals surface area contributed by atoms with Crippen LogP contribution in [0, 0.1) is 5.92 Å². The van der Waals surface area contributed by atoms with E-state index in [9.17, 15) is 14.4 Å². The van der Waals surface area contributed by atoms with Crippen LogP contribution in [0.5, 0.6) is 5.75 Å². The molecule has 0 aliphatic carbocycles. The molecule has 0 bridgehead atoms. The molecule has 0 saturated carbocycles. The Balaban J connectivity index is 1.51. The molecule has 1 aromatic heterocycles. The van der Waals surface area contributed by atoms with E-state index in [4.69, 9.17) is 9.47 Å². The molecule has 1 N–H and O–H groups in total. The van der Waals surface area contributed by atoms with Crippen LogP contribution in [0.15, 0.2) is 41.1 Å². The number of carbonyl (C=O) groups excluding carboxylic acids is 3. The van der Waals surface area contributed by atoms with Crippen LogP contribution in [-0.4, -0.2) is 42.7 Å². The van der Waals surface area contributed by atoms with Gasteiger partial charge in [-0.3, -0.25) is 14.4 Å². The highest BCUT2D eigenvalue weighted by molar-refractivity contribution is 6.00. The number of aromatic nitrogens is 1. The predicted molar refractivity (Wildman–Crippen MR) is 94.2 cm³/mol. The van der Waals surface area contributed by atoms with Gasteiger partial charge in [0.15, 0.2) is 12.4 Å². The van der Waals surface area contributed by atoms with Gasteiger partial charge in [-0.05, 0) is 31.2 Å². The third kappa shape index (κ3) is 4.63. The van der Waals surface area contributed by atoms with E-state index in [1.54, 1.807) is 24.3 Å². The van der Waals surface area contributed by atoms with Gasteiger partial charge in [0.2, 0.25) is 5.91 Å². The minimum absolute atomic E-state index is 0.0386. The number of hydrogen-bond acceptors (Lipinski definition) is 7. The van der Waals surface area contributed by atoms with Crippen LogP contribution < -0.4 is 15.0 Å². The number of esters is 1. The van der Waals surface area contributed by atoms with Gasteiger partial charge in [-0.15, -0.1) is 0 Å². The van der Waals surface area contributed by atoms with Gasteiger partial charge in [0, 0.05) is 24.7 Å². The first-order valence-electron chi connectivity index (χ1n) is 8.47. The summed E-state index contributed by atoms with van der Waals surface area (Å²) in [5.74, 6) is -0.982. The molecule has 1 atom stereocenters. The summed E-state index contributed by atoms with van der Waals surface area (Å²) in [6, 6.07) is 8.53. The number of benzene rings is 1. The summed E-state index contributed by atoms with van der Waals surface area (Å²) in [5.41, 5.74) is 0.683. The molecule has 1 aliphatic heterocycles. The Morgan fingerprint density at radius 1 is 1.30 bits per heavy atom. The number of rotatable bonds is 7. The Morgan fingerprint density at radius 2 is 2.07 bits per heavy atom. The first kappa shape index (κ1) is 18.4. The number of nitrogens with zero attached hydrogens (tertiary/aromatic N) is 2. The number of carbonyl (C=O) groups is 3. The van der Waals surface area contributed by atoms with Crippen molar-refractivity contribution in [3.8, 4) is 5.75 Å². The van der Waals surface area contributed by atoms with Gasteiger partial charge in [-0.2, -0.15) is 0 Å². The molecule has 2 aromatic rings. The molecule has 9 heteroatoms. The van der Waals surface area contributed by atoms with Gasteiger partial charge in [0.25, 0.3) is 5.91 Å². The van der Waals surface area contributed by atoms with Gasteiger partial charge in [0.1, 0.15) is 12.0 Å². The van der Waals surface area contributed by atoms with Gasteiger partial charge >= 0.3 is 5.97 Å². The van der Waals surface area contributed by atoms with Crippen LogP contribution in [-0.2, 0) is 19.1 Å². The zero-order valence-electron chi connectivity index (χ0n) is 14.7. The van der Waals surface area contributed by atoms with E-state index >= 15 is 0 Å². The van der Waals surface area contributed by atoms with Crippen molar-refractivity contribution in [2.45, 2.75) is 13.3 Å². The van der Waals surface area contributed by atoms with Crippen LogP contribution >= 0.6 is 0 Å². The van der Waals surface area contributed by atoms with Crippen molar-refractivity contribution in [3.63, 3.8) is 0 Å². The van der Waals surface area contributed by atoms with Crippen molar-refractivity contribution in [3.05, 3.63) is 36.6 Å². The lowest BCUT2D eigenvalue weighted by molar-refractivity contribution is -0.151. The quantitative estimate of drug-likeness (QED) is 0.734. The molecule has 3 rings (SSSR count). The Labute approximate surface area is 155 Å². The Kier molecular flexibility index (Phi) is 5.70. The van der Waals surface area contributed by atoms with Gasteiger partial charge in [-0.25, -0.2) is 0 Å². The predicted octanol–water partition coefficient (Wildman–Crippen LogP) is 1.61. The average Bonchev–Trinajstić information content (AvgIpc) is 3.30. The molecular formula is C18H19N3O6. The standard InChI is InChI=1S/C18H19N3O6/c1-2-25-14-5-3-13(4-6-14)21-10-12(9-17(21)23)18(24)26-11-16(22)19-15-7-8-27-20-15/h3-8,12H,2,9-11H2,1H3,(H,19,20,22). The molecule has 0 radical (unpaired) electrons. The van der Waals surface area contributed by atoms with Gasteiger partial charge in [0.05, 0.1) is 12.5 Å². The molecule has 1 unspecified atom stereocenters. The summed E-state index contributed by atoms with van der Waals surface area (Å²) < 4.78 is 15.0. The highest BCUT2D eigenvalue weighted by Crippen LogP contribution is 2.27. The maximum Gasteiger partial charge on any atom is 0.311 e. The van der Waals surface area contributed by atoms with E-state index in [0.29, 0.717) is 18.0 Å². The lowest BCUT2D eigenvalue weighted by Gasteiger charge is -2.17. The van der Waals surface area contributed by atoms with Crippen molar-refractivity contribution in [1.82, 2.24) is 5.16 Å². The zero-order chi connectivity index (χ0) is 19.2. The van der Waals surface area contributed by atoms with Crippen molar-refractivity contribution in [2.75, 3.05) is 30.0 Å². The fourth-order valence-corrected chi connectivity index (χ4v) is 2.71. The van der Waals surface area contributed by atoms with E-state index in [0.717, 1.165) is 0 Å². The van der Waals surface area contributed by atoms with Crippen LogP contribution in [0.25, 0.3) is 0 Å². The minimum atomic E-state index is -0.621. The molecule has 1 saturated heterocycles. The summed E-state index contributed by atoms with van der Waals surface area (Å²) in [5, 5.41) is 5.94. The van der Waals surface area contributed by atoms with Crippen molar-refractivity contribution in [1.29, 1.82) is 0 Å². The summed E-state index contributed by atoms with van der Waals surface area (Å²) in [6.07, 6.45) is 1.35. The number of amides is 2. The minimum Gasteiger partial charge on any atom is -0.494 e. The normalized spacial score (nSPS) is 16.3. The third-order valence-electron chi connectivity index (χ3n) is 3.97. The van der Waals surface area contributed by atoms with Crippen LogP contribution in [0.1, 0.15) is 13.3 Å². The van der Waals surface area contributed by atoms with Gasteiger partial charge < -0.3 is 24.2 Å². The van der Waals surface area contributed by atoms with Crippen molar-refractivity contribution < 1.29 is 28.4 Å². The third-order valence-corrected chi connectivity index (χ3v) is 3.97. The second-order valence-corrected chi connectivity index (χ2v) is 5.87. The number of ether oxygens (including phenoxy) is 2. The number of hydrogen-bond donors (Lipinski definition) is 1. The smallest absolute Gasteiger partial charge is 0.311 e. The average molecular weight is 373 g/mol. The second-order valence-electron chi connectivity index (χ2n) is 5.87. The molecule has 0 spiro atoms. The largest absolute Gasteiger partial charge is 0.494 e. The lowest BCUT2D eigenvalue weighted by Crippen LogP contribution is -2.28. The fourth-order valence-electron chi connectivity index (χ4n) is 2.71. The van der Waals surface area contributed by atoms with E-state index < -0.39 is 24.4 Å². The molecule has 2 heterocycles. The molecule has 1 fully saturated rings. The van der Waals surface area contributed by atoms with Crippen molar-refractivity contribution >= 4 is 29.3 Å². The zero-order valence-corrected chi connectivity index (χ0v) is 14.7. The Hall–Kier alpha value is -3.36. The van der Waals surface area contributed by atoms with E-state index in [1.165, 1.54) is 17.2 Å². The van der Waals surface area contributed by atoms with Crippen LogP contribution in [0.3, 0.4) is 0 Å².